The lowest BCUT2D eigenvalue weighted by molar-refractivity contribution is 0.0763. The Hall–Kier alpha value is -2.37. The standard InChI is InChI=1S/C21H28FN3O2/c1-6-7-10-24-13-25-18(14(2)23-19(25)20(24)26)15-8-9-17(16(22)11-15)27-12-21(3,4)5/h8-9,11H,6-7,10,12-13H2,1-5H3. The summed E-state index contributed by atoms with van der Waals surface area (Å²) in [6.07, 6.45) is 1.98. The van der Waals surface area contributed by atoms with Crippen LogP contribution in [0.4, 0.5) is 4.39 Å². The molecule has 0 bridgehead atoms. The van der Waals surface area contributed by atoms with Gasteiger partial charge in [0.05, 0.1) is 24.7 Å². The maximum atomic E-state index is 14.6. The molecule has 0 radical (unpaired) electrons. The van der Waals surface area contributed by atoms with Gasteiger partial charge in [-0.15, -0.1) is 0 Å². The van der Waals surface area contributed by atoms with Crippen LogP contribution in [-0.2, 0) is 6.67 Å². The van der Waals surface area contributed by atoms with Crippen molar-refractivity contribution in [3.05, 3.63) is 35.5 Å². The molecule has 1 aliphatic rings. The van der Waals surface area contributed by atoms with Crippen LogP contribution in [0.2, 0.25) is 0 Å². The number of amides is 1. The molecule has 27 heavy (non-hydrogen) atoms. The van der Waals surface area contributed by atoms with Gasteiger partial charge in [0.2, 0.25) is 5.82 Å². The minimum absolute atomic E-state index is 0.0454. The van der Waals surface area contributed by atoms with Crippen molar-refractivity contribution in [1.82, 2.24) is 14.5 Å². The maximum absolute atomic E-state index is 14.6. The molecular weight excluding hydrogens is 345 g/mol. The van der Waals surface area contributed by atoms with Crippen LogP contribution < -0.4 is 4.74 Å². The molecule has 5 nitrogen and oxygen atoms in total. The number of imidazole rings is 1. The molecular formula is C21H28FN3O2. The third-order valence-corrected chi connectivity index (χ3v) is 4.58. The Balaban J connectivity index is 1.87. The predicted molar refractivity (Wildman–Crippen MR) is 103 cm³/mol. The van der Waals surface area contributed by atoms with E-state index in [1.165, 1.54) is 6.07 Å². The van der Waals surface area contributed by atoms with E-state index in [4.69, 9.17) is 4.74 Å². The first-order valence-electron chi connectivity index (χ1n) is 9.50. The number of rotatable bonds is 6. The molecule has 0 atom stereocenters. The van der Waals surface area contributed by atoms with Crippen molar-refractivity contribution in [3.8, 4) is 17.0 Å². The molecule has 1 aromatic carbocycles. The third kappa shape index (κ3) is 3.99. The van der Waals surface area contributed by atoms with Gasteiger partial charge in [-0.25, -0.2) is 9.37 Å². The van der Waals surface area contributed by atoms with E-state index in [1.54, 1.807) is 11.0 Å². The normalized spacial score (nSPS) is 14.0. The first-order valence-corrected chi connectivity index (χ1v) is 9.50. The van der Waals surface area contributed by atoms with Crippen LogP contribution in [0.15, 0.2) is 18.2 Å². The summed E-state index contributed by atoms with van der Waals surface area (Å²) in [6, 6.07) is 4.95. The van der Waals surface area contributed by atoms with Gasteiger partial charge < -0.3 is 14.2 Å². The van der Waals surface area contributed by atoms with Gasteiger partial charge in [0.25, 0.3) is 5.91 Å². The monoisotopic (exact) mass is 373 g/mol. The summed E-state index contributed by atoms with van der Waals surface area (Å²) in [4.78, 5) is 18.8. The highest BCUT2D eigenvalue weighted by Crippen LogP contribution is 2.32. The molecule has 0 fully saturated rings. The molecule has 1 aromatic heterocycles. The summed E-state index contributed by atoms with van der Waals surface area (Å²) < 4.78 is 22.1. The van der Waals surface area contributed by atoms with Crippen LogP contribution in [0.25, 0.3) is 11.3 Å². The van der Waals surface area contributed by atoms with E-state index in [0.29, 0.717) is 31.2 Å². The van der Waals surface area contributed by atoms with Crippen molar-refractivity contribution < 1.29 is 13.9 Å². The van der Waals surface area contributed by atoms with E-state index < -0.39 is 5.82 Å². The molecule has 0 saturated heterocycles. The summed E-state index contributed by atoms with van der Waals surface area (Å²) in [7, 11) is 0. The highest BCUT2D eigenvalue weighted by atomic mass is 19.1. The molecule has 146 valence electrons. The van der Waals surface area contributed by atoms with E-state index in [0.717, 1.165) is 24.2 Å². The number of hydrogen-bond donors (Lipinski definition) is 0. The first kappa shape index (κ1) is 19.4. The van der Waals surface area contributed by atoms with E-state index >= 15 is 0 Å². The summed E-state index contributed by atoms with van der Waals surface area (Å²) in [5.41, 5.74) is 2.18. The molecule has 2 aromatic rings. The second-order valence-corrected chi connectivity index (χ2v) is 8.36. The van der Waals surface area contributed by atoms with Gasteiger partial charge in [0.15, 0.2) is 11.6 Å². The minimum Gasteiger partial charge on any atom is -0.490 e. The van der Waals surface area contributed by atoms with Crippen LogP contribution in [0.3, 0.4) is 0 Å². The average Bonchev–Trinajstić information content (AvgIpc) is 3.06. The second kappa shape index (κ2) is 7.33. The molecule has 0 N–H and O–H groups in total. The number of unbranched alkanes of at least 4 members (excludes halogenated alkanes) is 1. The Bertz CT molecular complexity index is 852. The largest absolute Gasteiger partial charge is 0.490 e. The van der Waals surface area contributed by atoms with Crippen LogP contribution in [-0.4, -0.2) is 33.5 Å². The maximum Gasteiger partial charge on any atom is 0.291 e. The third-order valence-electron chi connectivity index (χ3n) is 4.58. The number of ether oxygens (including phenoxy) is 1. The molecule has 0 spiro atoms. The fraction of sp³-hybridized carbons (Fsp3) is 0.524. The Morgan fingerprint density at radius 3 is 2.67 bits per heavy atom. The number of aromatic nitrogens is 2. The molecule has 2 heterocycles. The highest BCUT2D eigenvalue weighted by molar-refractivity contribution is 5.94. The number of carbonyl (C=O) groups excluding carboxylic acids is 1. The lowest BCUT2D eigenvalue weighted by Crippen LogP contribution is -2.26. The van der Waals surface area contributed by atoms with Crippen molar-refractivity contribution in [1.29, 1.82) is 0 Å². The molecule has 6 heteroatoms. The van der Waals surface area contributed by atoms with Crippen molar-refractivity contribution >= 4 is 5.91 Å². The van der Waals surface area contributed by atoms with Crippen molar-refractivity contribution in [2.75, 3.05) is 13.2 Å². The summed E-state index contributed by atoms with van der Waals surface area (Å²) in [5, 5.41) is 0. The Kier molecular flexibility index (Phi) is 5.27. The molecule has 3 rings (SSSR count). The number of nitrogens with zero attached hydrogens (tertiary/aromatic N) is 3. The number of aryl methyl sites for hydroxylation is 1. The lowest BCUT2D eigenvalue weighted by Gasteiger charge is -2.19. The number of benzene rings is 1. The van der Waals surface area contributed by atoms with E-state index in [9.17, 15) is 9.18 Å². The topological polar surface area (TPSA) is 47.4 Å². The van der Waals surface area contributed by atoms with Gasteiger partial charge >= 0.3 is 0 Å². The average molecular weight is 373 g/mol. The van der Waals surface area contributed by atoms with Gasteiger partial charge in [-0.1, -0.05) is 34.1 Å². The first-order chi connectivity index (χ1) is 12.7. The minimum atomic E-state index is -0.404. The van der Waals surface area contributed by atoms with Gasteiger partial charge in [0.1, 0.15) is 0 Å². The second-order valence-electron chi connectivity index (χ2n) is 8.36. The number of fused-ring (bicyclic) bond motifs is 1. The summed E-state index contributed by atoms with van der Waals surface area (Å²) >= 11 is 0. The zero-order valence-corrected chi connectivity index (χ0v) is 16.8. The number of halogens is 1. The Morgan fingerprint density at radius 2 is 2.04 bits per heavy atom. The van der Waals surface area contributed by atoms with E-state index in [2.05, 4.69) is 11.9 Å². The summed E-state index contributed by atoms with van der Waals surface area (Å²) in [6.45, 7) is 11.7. The van der Waals surface area contributed by atoms with Crippen LogP contribution in [0.5, 0.6) is 5.75 Å². The SMILES string of the molecule is CCCCN1Cn2c(nc(C)c2-c2ccc(OCC(C)(C)C)c(F)c2)C1=O. The van der Waals surface area contributed by atoms with E-state index in [1.807, 2.05) is 38.3 Å². The molecule has 0 aliphatic carbocycles. The van der Waals surface area contributed by atoms with Crippen LogP contribution in [0, 0.1) is 18.2 Å². The Morgan fingerprint density at radius 1 is 1.30 bits per heavy atom. The molecule has 1 amide bonds. The summed E-state index contributed by atoms with van der Waals surface area (Å²) in [5.74, 6) is 0.225. The fourth-order valence-corrected chi connectivity index (χ4v) is 3.20. The van der Waals surface area contributed by atoms with Crippen molar-refractivity contribution in [2.45, 2.75) is 54.1 Å². The molecule has 0 unspecified atom stereocenters. The van der Waals surface area contributed by atoms with Gasteiger partial charge in [0, 0.05) is 12.1 Å². The zero-order chi connectivity index (χ0) is 19.8. The van der Waals surface area contributed by atoms with Gasteiger partial charge in [-0.2, -0.15) is 0 Å². The smallest absolute Gasteiger partial charge is 0.291 e. The molecule has 0 saturated carbocycles. The van der Waals surface area contributed by atoms with E-state index in [-0.39, 0.29) is 17.1 Å². The predicted octanol–water partition coefficient (Wildman–Crippen LogP) is 4.64. The van der Waals surface area contributed by atoms with Gasteiger partial charge in [-0.05, 0) is 37.0 Å². The quantitative estimate of drug-likeness (QED) is 0.741. The van der Waals surface area contributed by atoms with Crippen molar-refractivity contribution in [2.24, 2.45) is 5.41 Å². The fourth-order valence-electron chi connectivity index (χ4n) is 3.20. The Labute approximate surface area is 160 Å². The van der Waals surface area contributed by atoms with Crippen molar-refractivity contribution in [3.63, 3.8) is 0 Å². The number of carbonyl (C=O) groups is 1. The number of hydrogen-bond acceptors (Lipinski definition) is 3. The molecule has 1 aliphatic heterocycles. The van der Waals surface area contributed by atoms with Crippen LogP contribution >= 0.6 is 0 Å². The van der Waals surface area contributed by atoms with Crippen LogP contribution in [0.1, 0.15) is 56.8 Å². The lowest BCUT2D eigenvalue weighted by atomic mass is 9.99. The highest BCUT2D eigenvalue weighted by Gasteiger charge is 2.32. The van der Waals surface area contributed by atoms with Gasteiger partial charge in [-0.3, -0.25) is 4.79 Å². The zero-order valence-electron chi connectivity index (χ0n) is 16.8.